The molecule has 2 atom stereocenters. The van der Waals surface area contributed by atoms with Crippen molar-refractivity contribution in [2.75, 3.05) is 39.4 Å². The lowest BCUT2D eigenvalue weighted by molar-refractivity contribution is -0.0207. The molecule has 312 valence electrons. The summed E-state index contributed by atoms with van der Waals surface area (Å²) in [6.07, 6.45) is 3.36. The molecule has 0 saturated carbocycles. The normalized spacial score (nSPS) is 12.7. The van der Waals surface area contributed by atoms with Crippen LogP contribution in [0, 0.1) is 17.2 Å². The Kier molecular flexibility index (Phi) is 15.3. The molecule has 0 radical (unpaired) electrons. The second-order valence-corrected chi connectivity index (χ2v) is 16.1. The molecule has 1 N–H and O–H groups in total. The van der Waals surface area contributed by atoms with E-state index in [4.69, 9.17) is 23.3 Å². The van der Waals surface area contributed by atoms with Crippen LogP contribution in [-0.4, -0.2) is 76.2 Å². The summed E-state index contributed by atoms with van der Waals surface area (Å²) in [5.74, 6) is 1.14. The Balaban J connectivity index is 1.41. The smallest absolute Gasteiger partial charge is 0.259 e. The molecule has 2 heterocycles. The van der Waals surface area contributed by atoms with E-state index in [1.165, 1.54) is 6.33 Å². The summed E-state index contributed by atoms with van der Waals surface area (Å²) in [5, 5.41) is 12.3. The molecular weight excluding hydrogens is 778 g/mol. The summed E-state index contributed by atoms with van der Waals surface area (Å²) in [4.78, 5) is 26.8. The molecule has 0 saturated heterocycles. The SMILES string of the molecule is COc1ccc(C(OCC(COP(OCCC#N)N(C(C)C)C(C)C)Cn2cnc3c(NC(=O)c4ccccc4)ncnc32)(c2ccccc2)c2ccc(OC)cc2)cc1. The van der Waals surface area contributed by atoms with Gasteiger partial charge in [-0.3, -0.25) is 4.79 Å². The van der Waals surface area contributed by atoms with E-state index in [1.807, 2.05) is 77.4 Å². The van der Waals surface area contributed by atoms with Crippen molar-refractivity contribution in [1.82, 2.24) is 24.2 Å². The summed E-state index contributed by atoms with van der Waals surface area (Å²) in [6, 6.07) is 37.3. The number of aromatic nitrogens is 4. The first-order valence-corrected chi connectivity index (χ1v) is 21.0. The fourth-order valence-electron chi connectivity index (χ4n) is 7.11. The number of hydrogen-bond acceptors (Lipinski definition) is 11. The summed E-state index contributed by atoms with van der Waals surface area (Å²) in [7, 11) is 1.73. The molecule has 0 aliphatic heterocycles. The Morgan fingerprint density at radius 2 is 1.37 bits per heavy atom. The van der Waals surface area contributed by atoms with Crippen LogP contribution >= 0.6 is 8.53 Å². The third-order valence-corrected chi connectivity index (χ3v) is 12.0. The molecule has 14 heteroatoms. The van der Waals surface area contributed by atoms with Crippen molar-refractivity contribution in [1.29, 1.82) is 5.26 Å². The number of anilines is 1. The Morgan fingerprint density at radius 1 is 0.783 bits per heavy atom. The van der Waals surface area contributed by atoms with Crippen molar-refractivity contribution in [2.45, 2.75) is 58.3 Å². The summed E-state index contributed by atoms with van der Waals surface area (Å²) in [6.45, 7) is 9.48. The molecule has 4 aromatic carbocycles. The number of nitriles is 1. The van der Waals surface area contributed by atoms with Crippen LogP contribution in [0.5, 0.6) is 11.5 Å². The average molecular weight is 830 g/mol. The van der Waals surface area contributed by atoms with Gasteiger partial charge in [0.2, 0.25) is 0 Å². The number of nitrogens with one attached hydrogen (secondary N) is 1. The van der Waals surface area contributed by atoms with Crippen molar-refractivity contribution >= 4 is 31.4 Å². The van der Waals surface area contributed by atoms with Crippen molar-refractivity contribution in [2.24, 2.45) is 5.92 Å². The molecule has 0 aliphatic carbocycles. The fourth-order valence-corrected chi connectivity index (χ4v) is 8.79. The quantitative estimate of drug-likeness (QED) is 0.0421. The Bertz CT molecular complexity index is 2250. The highest BCUT2D eigenvalue weighted by atomic mass is 31.2. The predicted octanol–water partition coefficient (Wildman–Crippen LogP) is 9.01. The minimum absolute atomic E-state index is 0.114. The highest BCUT2D eigenvalue weighted by Gasteiger charge is 2.39. The van der Waals surface area contributed by atoms with Crippen molar-refractivity contribution < 1.29 is 28.1 Å². The van der Waals surface area contributed by atoms with Crippen LogP contribution in [0.1, 0.15) is 61.2 Å². The largest absolute Gasteiger partial charge is 0.497 e. The summed E-state index contributed by atoms with van der Waals surface area (Å²) in [5.41, 5.74) is 3.12. The number of hydrogen-bond donors (Lipinski definition) is 1. The van der Waals surface area contributed by atoms with Gasteiger partial charge in [-0.25, -0.2) is 19.6 Å². The Hall–Kier alpha value is -5.74. The number of rotatable bonds is 21. The topological polar surface area (TPSA) is 146 Å². The van der Waals surface area contributed by atoms with E-state index >= 15 is 0 Å². The maximum absolute atomic E-state index is 13.2. The molecule has 0 bridgehead atoms. The average Bonchev–Trinajstić information content (AvgIpc) is 3.69. The molecule has 6 rings (SSSR count). The van der Waals surface area contributed by atoms with E-state index in [-0.39, 0.29) is 50.2 Å². The van der Waals surface area contributed by atoms with Crippen LogP contribution in [-0.2, 0) is 25.9 Å². The molecule has 1 amide bonds. The van der Waals surface area contributed by atoms with E-state index in [0.717, 1.165) is 28.2 Å². The Morgan fingerprint density at radius 3 is 1.93 bits per heavy atom. The van der Waals surface area contributed by atoms with E-state index in [9.17, 15) is 10.1 Å². The minimum atomic E-state index is -1.56. The number of benzene rings is 4. The molecular formula is C46H52N7O6P. The first-order valence-electron chi connectivity index (χ1n) is 19.9. The summed E-state index contributed by atoms with van der Waals surface area (Å²) < 4.78 is 35.7. The third kappa shape index (κ3) is 10.3. The van der Waals surface area contributed by atoms with E-state index in [1.54, 1.807) is 44.8 Å². The molecule has 2 unspecified atom stereocenters. The number of carbonyl (C=O) groups excluding carboxylic acids is 1. The molecule has 60 heavy (non-hydrogen) atoms. The number of fused-ring (bicyclic) bond motifs is 1. The fraction of sp³-hybridized carbons (Fsp3) is 0.326. The van der Waals surface area contributed by atoms with Crippen LogP contribution in [0.3, 0.4) is 0 Å². The van der Waals surface area contributed by atoms with Gasteiger partial charge in [-0.2, -0.15) is 5.26 Å². The zero-order chi connectivity index (χ0) is 42.5. The second kappa shape index (κ2) is 21.0. The molecule has 2 aromatic heterocycles. The highest BCUT2D eigenvalue weighted by Crippen LogP contribution is 2.47. The maximum Gasteiger partial charge on any atom is 0.259 e. The molecule has 6 aromatic rings. The van der Waals surface area contributed by atoms with Gasteiger partial charge in [0.05, 0.1) is 52.9 Å². The first-order chi connectivity index (χ1) is 29.2. The molecule has 0 fully saturated rings. The zero-order valence-electron chi connectivity index (χ0n) is 34.9. The van der Waals surface area contributed by atoms with Crippen LogP contribution in [0.25, 0.3) is 11.2 Å². The van der Waals surface area contributed by atoms with Crippen molar-refractivity contribution in [3.8, 4) is 17.6 Å². The van der Waals surface area contributed by atoms with Gasteiger partial charge in [0.15, 0.2) is 17.0 Å². The maximum atomic E-state index is 13.2. The van der Waals surface area contributed by atoms with Gasteiger partial charge in [-0.05, 0) is 80.8 Å². The van der Waals surface area contributed by atoms with Crippen LogP contribution in [0.4, 0.5) is 5.82 Å². The number of ether oxygens (including phenoxy) is 3. The number of amides is 1. The lowest BCUT2D eigenvalue weighted by Crippen LogP contribution is -2.37. The van der Waals surface area contributed by atoms with Crippen LogP contribution in [0.15, 0.2) is 122 Å². The van der Waals surface area contributed by atoms with Crippen molar-refractivity contribution in [3.63, 3.8) is 0 Å². The number of imidazole rings is 1. The van der Waals surface area contributed by atoms with Crippen LogP contribution < -0.4 is 14.8 Å². The highest BCUT2D eigenvalue weighted by molar-refractivity contribution is 7.44. The number of methoxy groups -OCH3 is 2. The van der Waals surface area contributed by atoms with Crippen molar-refractivity contribution in [3.05, 3.63) is 144 Å². The van der Waals surface area contributed by atoms with E-state index < -0.39 is 14.1 Å². The van der Waals surface area contributed by atoms with Gasteiger partial charge >= 0.3 is 0 Å². The second-order valence-electron chi connectivity index (χ2n) is 14.6. The number of carbonyl (C=O) groups is 1. The third-order valence-electron chi connectivity index (χ3n) is 9.92. The molecule has 0 spiro atoms. The predicted molar refractivity (Wildman–Crippen MR) is 233 cm³/mol. The monoisotopic (exact) mass is 829 g/mol. The first kappa shape index (κ1) is 43.8. The van der Waals surface area contributed by atoms with Gasteiger partial charge < -0.3 is 33.1 Å². The molecule has 13 nitrogen and oxygen atoms in total. The standard InChI is InChI=1S/C46H52N7O6P/c1-33(2)53(34(3)4)60(58-27-13-26-47)59-30-35(28-52-32-50-42-43(48-31-49-44(42)52)51-45(54)36-14-9-7-10-15-36)29-57-46(37-16-11-8-12-17-37,38-18-22-40(55-5)23-19-38)39-20-24-41(56-6)25-21-39/h7-12,14-25,31-35H,13,27-30H2,1-6H3,(H,48,49,51,54). The Labute approximate surface area is 353 Å². The zero-order valence-corrected chi connectivity index (χ0v) is 35.8. The summed E-state index contributed by atoms with van der Waals surface area (Å²) >= 11 is 0. The van der Waals surface area contributed by atoms with Gasteiger partial charge in [-0.15, -0.1) is 0 Å². The minimum Gasteiger partial charge on any atom is -0.497 e. The van der Waals surface area contributed by atoms with E-state index in [2.05, 4.69) is 70.8 Å². The molecule has 0 aliphatic rings. The van der Waals surface area contributed by atoms with E-state index in [0.29, 0.717) is 29.1 Å². The van der Waals surface area contributed by atoms with Crippen LogP contribution in [0.2, 0.25) is 0 Å². The lowest BCUT2D eigenvalue weighted by Gasteiger charge is -2.38. The van der Waals surface area contributed by atoms with Gasteiger partial charge in [0, 0.05) is 30.1 Å². The van der Waals surface area contributed by atoms with Gasteiger partial charge in [-0.1, -0.05) is 72.8 Å². The number of nitrogens with zero attached hydrogens (tertiary/aromatic N) is 6. The lowest BCUT2D eigenvalue weighted by atomic mass is 9.80. The van der Waals surface area contributed by atoms with Gasteiger partial charge in [0.1, 0.15) is 23.4 Å². The van der Waals surface area contributed by atoms with Gasteiger partial charge in [0.25, 0.3) is 14.4 Å².